The predicted molar refractivity (Wildman–Crippen MR) is 105 cm³/mol. The van der Waals surface area contributed by atoms with Crippen LogP contribution in [0.25, 0.3) is 0 Å². The SMILES string of the molecule is Cc1cccc(NC(=O)CCN[C@H](C(=O)N(C)C)c2ccccc2)c1C. The van der Waals surface area contributed by atoms with E-state index >= 15 is 0 Å². The number of amides is 2. The van der Waals surface area contributed by atoms with Gasteiger partial charge in [-0.05, 0) is 36.6 Å². The Hall–Kier alpha value is -2.66. The Morgan fingerprint density at radius 3 is 2.35 bits per heavy atom. The molecule has 0 unspecified atom stereocenters. The minimum Gasteiger partial charge on any atom is -0.347 e. The Labute approximate surface area is 155 Å². The van der Waals surface area contributed by atoms with E-state index in [2.05, 4.69) is 10.6 Å². The maximum Gasteiger partial charge on any atom is 0.243 e. The number of carbonyl (C=O) groups is 2. The highest BCUT2D eigenvalue weighted by molar-refractivity contribution is 5.91. The molecule has 138 valence electrons. The van der Waals surface area contributed by atoms with Crippen LogP contribution in [0, 0.1) is 13.8 Å². The number of carbonyl (C=O) groups excluding carboxylic acids is 2. The number of anilines is 1. The number of aryl methyl sites for hydroxylation is 1. The van der Waals surface area contributed by atoms with Gasteiger partial charge in [0, 0.05) is 32.7 Å². The van der Waals surface area contributed by atoms with Gasteiger partial charge in [-0.15, -0.1) is 0 Å². The molecule has 2 rings (SSSR count). The highest BCUT2D eigenvalue weighted by Crippen LogP contribution is 2.18. The van der Waals surface area contributed by atoms with E-state index in [-0.39, 0.29) is 18.2 Å². The van der Waals surface area contributed by atoms with E-state index in [1.165, 1.54) is 0 Å². The fourth-order valence-electron chi connectivity index (χ4n) is 2.68. The zero-order valence-electron chi connectivity index (χ0n) is 15.9. The quantitative estimate of drug-likeness (QED) is 0.804. The van der Waals surface area contributed by atoms with Crippen molar-refractivity contribution in [1.82, 2.24) is 10.2 Å². The normalized spacial score (nSPS) is 11.7. The average molecular weight is 353 g/mol. The fourth-order valence-corrected chi connectivity index (χ4v) is 2.68. The first kappa shape index (κ1) is 19.7. The molecule has 0 heterocycles. The smallest absolute Gasteiger partial charge is 0.243 e. The first-order valence-electron chi connectivity index (χ1n) is 8.75. The van der Waals surface area contributed by atoms with Crippen LogP contribution in [-0.2, 0) is 9.59 Å². The van der Waals surface area contributed by atoms with E-state index in [9.17, 15) is 9.59 Å². The third-order valence-corrected chi connectivity index (χ3v) is 4.40. The van der Waals surface area contributed by atoms with Crippen LogP contribution < -0.4 is 10.6 Å². The van der Waals surface area contributed by atoms with Crippen molar-refractivity contribution in [2.45, 2.75) is 26.3 Å². The number of hydrogen-bond donors (Lipinski definition) is 2. The maximum atomic E-state index is 12.5. The molecule has 0 spiro atoms. The lowest BCUT2D eigenvalue weighted by atomic mass is 10.1. The predicted octanol–water partition coefficient (Wildman–Crippen LogP) is 3.05. The summed E-state index contributed by atoms with van der Waals surface area (Å²) >= 11 is 0. The van der Waals surface area contributed by atoms with Crippen molar-refractivity contribution in [3.63, 3.8) is 0 Å². The summed E-state index contributed by atoms with van der Waals surface area (Å²) in [6, 6.07) is 14.9. The monoisotopic (exact) mass is 353 g/mol. The zero-order chi connectivity index (χ0) is 19.1. The van der Waals surface area contributed by atoms with Gasteiger partial charge in [0.05, 0.1) is 0 Å². The van der Waals surface area contributed by atoms with E-state index in [1.807, 2.05) is 62.4 Å². The molecular formula is C21H27N3O2. The number of nitrogens with one attached hydrogen (secondary N) is 2. The average Bonchev–Trinajstić information content (AvgIpc) is 2.63. The summed E-state index contributed by atoms with van der Waals surface area (Å²) in [6.07, 6.45) is 0.289. The van der Waals surface area contributed by atoms with Gasteiger partial charge in [-0.3, -0.25) is 9.59 Å². The minimum atomic E-state index is -0.459. The van der Waals surface area contributed by atoms with Gasteiger partial charge in [-0.1, -0.05) is 42.5 Å². The number of rotatable bonds is 7. The van der Waals surface area contributed by atoms with E-state index in [1.54, 1.807) is 19.0 Å². The number of likely N-dealkylation sites (N-methyl/N-ethyl adjacent to an activating group) is 1. The number of benzene rings is 2. The summed E-state index contributed by atoms with van der Waals surface area (Å²) in [5.41, 5.74) is 3.93. The van der Waals surface area contributed by atoms with Crippen LogP contribution in [-0.4, -0.2) is 37.4 Å². The van der Waals surface area contributed by atoms with Gasteiger partial charge >= 0.3 is 0 Å². The van der Waals surface area contributed by atoms with Crippen LogP contribution in [0.1, 0.15) is 29.2 Å². The largest absolute Gasteiger partial charge is 0.347 e. The molecule has 2 amide bonds. The summed E-state index contributed by atoms with van der Waals surface area (Å²) in [7, 11) is 3.46. The van der Waals surface area contributed by atoms with Crippen LogP contribution in [0.5, 0.6) is 0 Å². The molecule has 0 fully saturated rings. The van der Waals surface area contributed by atoms with Crippen molar-refractivity contribution >= 4 is 17.5 Å². The third-order valence-electron chi connectivity index (χ3n) is 4.40. The van der Waals surface area contributed by atoms with Crippen LogP contribution in [0.3, 0.4) is 0 Å². The lowest BCUT2D eigenvalue weighted by Crippen LogP contribution is -2.38. The standard InChI is InChI=1S/C21H27N3O2/c1-15-9-8-12-18(16(15)2)23-19(25)13-14-22-20(21(26)24(3)4)17-10-6-5-7-11-17/h5-12,20,22H,13-14H2,1-4H3,(H,23,25)/t20-/m0/s1. The molecule has 0 radical (unpaired) electrons. The third kappa shape index (κ3) is 5.17. The van der Waals surface area contributed by atoms with Gasteiger partial charge in [0.25, 0.3) is 0 Å². The zero-order valence-corrected chi connectivity index (χ0v) is 15.9. The molecule has 26 heavy (non-hydrogen) atoms. The van der Waals surface area contributed by atoms with E-state index < -0.39 is 6.04 Å². The maximum absolute atomic E-state index is 12.5. The van der Waals surface area contributed by atoms with Gasteiger partial charge in [-0.2, -0.15) is 0 Å². The van der Waals surface area contributed by atoms with Gasteiger partial charge in [0.1, 0.15) is 6.04 Å². The molecule has 0 aliphatic carbocycles. The molecule has 5 nitrogen and oxygen atoms in total. The molecule has 2 N–H and O–H groups in total. The summed E-state index contributed by atoms with van der Waals surface area (Å²) in [6.45, 7) is 4.42. The molecule has 0 aliphatic heterocycles. The summed E-state index contributed by atoms with van der Waals surface area (Å²) < 4.78 is 0. The van der Waals surface area contributed by atoms with Gasteiger partial charge < -0.3 is 15.5 Å². The second-order valence-electron chi connectivity index (χ2n) is 6.58. The van der Waals surface area contributed by atoms with Crippen LogP contribution in [0.4, 0.5) is 5.69 Å². The van der Waals surface area contributed by atoms with Crippen LogP contribution in [0.15, 0.2) is 48.5 Å². The Kier molecular flexibility index (Phi) is 6.92. The number of nitrogens with zero attached hydrogens (tertiary/aromatic N) is 1. The second kappa shape index (κ2) is 9.15. The molecule has 0 saturated heterocycles. The van der Waals surface area contributed by atoms with E-state index in [0.29, 0.717) is 6.54 Å². The molecular weight excluding hydrogens is 326 g/mol. The lowest BCUT2D eigenvalue weighted by Gasteiger charge is -2.22. The van der Waals surface area contributed by atoms with Crippen LogP contribution in [0.2, 0.25) is 0 Å². The van der Waals surface area contributed by atoms with Crippen molar-refractivity contribution in [1.29, 1.82) is 0 Å². The Bertz CT molecular complexity index is 757. The van der Waals surface area contributed by atoms with Gasteiger partial charge in [0.2, 0.25) is 11.8 Å². The summed E-state index contributed by atoms with van der Waals surface area (Å²) in [5, 5.41) is 6.15. The molecule has 2 aromatic rings. The topological polar surface area (TPSA) is 61.4 Å². The highest BCUT2D eigenvalue weighted by Gasteiger charge is 2.21. The van der Waals surface area contributed by atoms with Crippen molar-refractivity contribution < 1.29 is 9.59 Å². The first-order chi connectivity index (χ1) is 12.4. The fraction of sp³-hybridized carbons (Fsp3) is 0.333. The molecule has 0 bridgehead atoms. The molecule has 5 heteroatoms. The van der Waals surface area contributed by atoms with Crippen molar-refractivity contribution in [3.8, 4) is 0 Å². The molecule has 0 aromatic heterocycles. The molecule has 0 saturated carbocycles. The van der Waals surface area contributed by atoms with Gasteiger partial charge in [0.15, 0.2) is 0 Å². The van der Waals surface area contributed by atoms with Crippen LogP contribution >= 0.6 is 0 Å². The lowest BCUT2D eigenvalue weighted by molar-refractivity contribution is -0.131. The summed E-state index contributed by atoms with van der Waals surface area (Å²) in [4.78, 5) is 26.3. The highest BCUT2D eigenvalue weighted by atomic mass is 16.2. The molecule has 2 aromatic carbocycles. The molecule has 0 aliphatic rings. The second-order valence-corrected chi connectivity index (χ2v) is 6.58. The van der Waals surface area contributed by atoms with Gasteiger partial charge in [-0.25, -0.2) is 0 Å². The minimum absolute atomic E-state index is 0.0360. The van der Waals surface area contributed by atoms with Crippen molar-refractivity contribution in [2.24, 2.45) is 0 Å². The van der Waals surface area contributed by atoms with Crippen molar-refractivity contribution in [3.05, 3.63) is 65.2 Å². The Morgan fingerprint density at radius 1 is 1.00 bits per heavy atom. The Morgan fingerprint density at radius 2 is 1.69 bits per heavy atom. The number of hydrogen-bond acceptors (Lipinski definition) is 3. The summed E-state index contributed by atoms with van der Waals surface area (Å²) in [5.74, 6) is -0.110. The Balaban J connectivity index is 1.95. The molecule has 1 atom stereocenters. The first-order valence-corrected chi connectivity index (χ1v) is 8.75. The van der Waals surface area contributed by atoms with E-state index in [4.69, 9.17) is 0 Å². The van der Waals surface area contributed by atoms with E-state index in [0.717, 1.165) is 22.4 Å². The van der Waals surface area contributed by atoms with Crippen molar-refractivity contribution in [2.75, 3.05) is 26.0 Å².